The molecular weight excluding hydrogens is 202 g/mol. The molecule has 0 aliphatic rings. The first-order valence-corrected chi connectivity index (χ1v) is 5.96. The minimum absolute atomic E-state index is 0.316. The lowest BCUT2D eigenvalue weighted by Gasteiger charge is -2.15. The Kier molecular flexibility index (Phi) is 3.19. The van der Waals surface area contributed by atoms with E-state index in [1.165, 1.54) is 16.0 Å². The van der Waals surface area contributed by atoms with Crippen molar-refractivity contribution in [2.24, 2.45) is 0 Å². The Bertz CT molecular complexity index is 419. The molecule has 0 aliphatic carbocycles. The smallest absolute Gasteiger partial charge is 0.0582 e. The molecule has 0 bridgehead atoms. The molecule has 2 rings (SSSR count). The molecular formula is C13H15NS. The van der Waals surface area contributed by atoms with E-state index in [9.17, 15) is 0 Å². The van der Waals surface area contributed by atoms with Gasteiger partial charge in [-0.2, -0.15) is 0 Å². The molecule has 0 amide bonds. The van der Waals surface area contributed by atoms with Crippen molar-refractivity contribution in [3.8, 4) is 0 Å². The summed E-state index contributed by atoms with van der Waals surface area (Å²) in [6.07, 6.45) is 0. The second-order valence-electron chi connectivity index (χ2n) is 3.62. The number of benzene rings is 1. The second-order valence-corrected chi connectivity index (χ2v) is 4.74. The summed E-state index contributed by atoms with van der Waals surface area (Å²) in [7, 11) is 2.00. The van der Waals surface area contributed by atoms with Crippen molar-refractivity contribution in [3.63, 3.8) is 0 Å². The highest BCUT2D eigenvalue weighted by Gasteiger charge is 2.11. The molecule has 0 saturated carbocycles. The van der Waals surface area contributed by atoms with Gasteiger partial charge in [0.1, 0.15) is 0 Å². The Labute approximate surface area is 94.8 Å². The standard InChI is InChI=1S/C13H15NS/c1-10-8-12(9-15-10)13(14-2)11-6-4-3-5-7-11/h3-9,13-14H,1-2H3. The van der Waals surface area contributed by atoms with E-state index in [-0.39, 0.29) is 0 Å². The minimum Gasteiger partial charge on any atom is -0.309 e. The van der Waals surface area contributed by atoms with E-state index in [0.29, 0.717) is 6.04 Å². The van der Waals surface area contributed by atoms with E-state index in [1.807, 2.05) is 7.05 Å². The van der Waals surface area contributed by atoms with Gasteiger partial charge in [-0.3, -0.25) is 0 Å². The predicted octanol–water partition coefficient (Wildman–Crippen LogP) is 3.37. The fourth-order valence-electron chi connectivity index (χ4n) is 1.79. The fraction of sp³-hybridized carbons (Fsp3) is 0.231. The molecule has 1 N–H and O–H groups in total. The highest BCUT2D eigenvalue weighted by Crippen LogP contribution is 2.25. The first-order chi connectivity index (χ1) is 7.31. The van der Waals surface area contributed by atoms with Gasteiger partial charge in [-0.15, -0.1) is 11.3 Å². The van der Waals surface area contributed by atoms with E-state index in [4.69, 9.17) is 0 Å². The number of aryl methyl sites for hydroxylation is 1. The number of hydrogen-bond acceptors (Lipinski definition) is 2. The summed E-state index contributed by atoms with van der Waals surface area (Å²) in [6.45, 7) is 2.14. The average Bonchev–Trinajstić information content (AvgIpc) is 2.68. The van der Waals surface area contributed by atoms with E-state index < -0.39 is 0 Å². The Hall–Kier alpha value is -1.12. The van der Waals surface area contributed by atoms with Crippen molar-refractivity contribution >= 4 is 11.3 Å². The molecule has 0 fully saturated rings. The van der Waals surface area contributed by atoms with Crippen LogP contribution in [-0.4, -0.2) is 7.05 Å². The van der Waals surface area contributed by atoms with Crippen LogP contribution in [0.1, 0.15) is 22.0 Å². The zero-order valence-corrected chi connectivity index (χ0v) is 9.84. The quantitative estimate of drug-likeness (QED) is 0.831. The Balaban J connectivity index is 2.33. The maximum absolute atomic E-state index is 3.35. The zero-order valence-electron chi connectivity index (χ0n) is 9.03. The largest absolute Gasteiger partial charge is 0.309 e. The third-order valence-electron chi connectivity index (χ3n) is 2.51. The van der Waals surface area contributed by atoms with Gasteiger partial charge < -0.3 is 5.32 Å². The summed E-state index contributed by atoms with van der Waals surface area (Å²) in [5.41, 5.74) is 2.67. The van der Waals surface area contributed by atoms with Crippen LogP contribution in [-0.2, 0) is 0 Å². The van der Waals surface area contributed by atoms with Crippen molar-refractivity contribution < 1.29 is 0 Å². The summed E-state index contributed by atoms with van der Waals surface area (Å²) in [5, 5.41) is 5.58. The second kappa shape index (κ2) is 4.60. The van der Waals surface area contributed by atoms with Gasteiger partial charge in [-0.05, 0) is 36.5 Å². The molecule has 1 aromatic heterocycles. The first kappa shape index (κ1) is 10.4. The van der Waals surface area contributed by atoms with Gasteiger partial charge >= 0.3 is 0 Å². The summed E-state index contributed by atoms with van der Waals surface area (Å²) in [5.74, 6) is 0. The summed E-state index contributed by atoms with van der Waals surface area (Å²) in [6, 6.07) is 13.1. The zero-order chi connectivity index (χ0) is 10.7. The molecule has 1 atom stereocenters. The van der Waals surface area contributed by atoms with Crippen LogP contribution < -0.4 is 5.32 Å². The fourth-order valence-corrected chi connectivity index (χ4v) is 2.52. The molecule has 1 unspecified atom stereocenters. The number of hydrogen-bond donors (Lipinski definition) is 1. The predicted molar refractivity (Wildman–Crippen MR) is 66.4 cm³/mol. The SMILES string of the molecule is CNC(c1ccccc1)c1csc(C)c1. The minimum atomic E-state index is 0.316. The topological polar surface area (TPSA) is 12.0 Å². The Morgan fingerprint density at radius 2 is 1.87 bits per heavy atom. The van der Waals surface area contributed by atoms with Crippen molar-refractivity contribution in [2.45, 2.75) is 13.0 Å². The molecule has 1 nitrogen and oxygen atoms in total. The molecule has 2 heteroatoms. The van der Waals surface area contributed by atoms with Gasteiger partial charge in [0.15, 0.2) is 0 Å². The maximum Gasteiger partial charge on any atom is 0.0582 e. The van der Waals surface area contributed by atoms with E-state index in [0.717, 1.165) is 0 Å². The van der Waals surface area contributed by atoms with Gasteiger partial charge in [0.05, 0.1) is 6.04 Å². The summed E-state index contributed by atoms with van der Waals surface area (Å²) < 4.78 is 0. The van der Waals surface area contributed by atoms with Gasteiger partial charge in [-0.25, -0.2) is 0 Å². The number of rotatable bonds is 3. The van der Waals surface area contributed by atoms with Crippen LogP contribution in [0.3, 0.4) is 0 Å². The number of thiophene rings is 1. The molecule has 2 aromatic rings. The molecule has 1 aromatic carbocycles. The first-order valence-electron chi connectivity index (χ1n) is 5.08. The van der Waals surface area contributed by atoms with Crippen molar-refractivity contribution in [2.75, 3.05) is 7.05 Å². The van der Waals surface area contributed by atoms with Crippen LogP contribution in [0.15, 0.2) is 41.8 Å². The van der Waals surface area contributed by atoms with Gasteiger partial charge in [-0.1, -0.05) is 30.3 Å². The molecule has 0 aliphatic heterocycles. The van der Waals surface area contributed by atoms with Crippen LogP contribution in [0.2, 0.25) is 0 Å². The van der Waals surface area contributed by atoms with Gasteiger partial charge in [0.25, 0.3) is 0 Å². The molecule has 15 heavy (non-hydrogen) atoms. The molecule has 1 heterocycles. The third kappa shape index (κ3) is 2.28. The number of nitrogens with one attached hydrogen (secondary N) is 1. The molecule has 0 saturated heterocycles. The lowest BCUT2D eigenvalue weighted by Crippen LogP contribution is -2.16. The van der Waals surface area contributed by atoms with Gasteiger partial charge in [0, 0.05) is 4.88 Å². The Morgan fingerprint density at radius 1 is 1.13 bits per heavy atom. The molecule has 0 radical (unpaired) electrons. The van der Waals surface area contributed by atoms with Crippen LogP contribution in [0.4, 0.5) is 0 Å². The van der Waals surface area contributed by atoms with Crippen molar-refractivity contribution in [3.05, 3.63) is 57.8 Å². The maximum atomic E-state index is 3.35. The van der Waals surface area contributed by atoms with E-state index in [2.05, 4.69) is 54.0 Å². The average molecular weight is 217 g/mol. The Morgan fingerprint density at radius 3 is 2.40 bits per heavy atom. The molecule has 78 valence electrons. The van der Waals surface area contributed by atoms with Crippen LogP contribution in [0.25, 0.3) is 0 Å². The van der Waals surface area contributed by atoms with Crippen molar-refractivity contribution in [1.29, 1.82) is 0 Å². The lowest BCUT2D eigenvalue weighted by molar-refractivity contribution is 0.694. The van der Waals surface area contributed by atoms with E-state index >= 15 is 0 Å². The monoisotopic (exact) mass is 217 g/mol. The normalized spacial score (nSPS) is 12.7. The highest BCUT2D eigenvalue weighted by atomic mass is 32.1. The third-order valence-corrected chi connectivity index (χ3v) is 3.39. The van der Waals surface area contributed by atoms with Crippen LogP contribution in [0.5, 0.6) is 0 Å². The van der Waals surface area contributed by atoms with Gasteiger partial charge in [0.2, 0.25) is 0 Å². The van der Waals surface area contributed by atoms with Crippen molar-refractivity contribution in [1.82, 2.24) is 5.32 Å². The van der Waals surface area contributed by atoms with Crippen LogP contribution in [0, 0.1) is 6.92 Å². The summed E-state index contributed by atoms with van der Waals surface area (Å²) in [4.78, 5) is 1.36. The van der Waals surface area contributed by atoms with Crippen LogP contribution >= 0.6 is 11.3 Å². The lowest BCUT2D eigenvalue weighted by atomic mass is 10.0. The summed E-state index contributed by atoms with van der Waals surface area (Å²) >= 11 is 1.80. The molecule has 0 spiro atoms. The van der Waals surface area contributed by atoms with E-state index in [1.54, 1.807) is 11.3 Å². The highest BCUT2D eigenvalue weighted by molar-refractivity contribution is 7.10.